The Kier molecular flexibility index (Phi) is 5.98. The molecule has 11 heteroatoms. The lowest BCUT2D eigenvalue weighted by atomic mass is 10.00. The standard InChI is InChI=1S/C20H19ClF3N3O4/c1-29-19(28)16-15-8-11(21)2-7-14(15)17-18(16)30-10-27(26-17)9-25-12-3-5-13(6-4-12)31-20(22,23)24/h2-8,16-18,25-26H,9-10H2,1H3. The van der Waals surface area contributed by atoms with Gasteiger partial charge in [0.15, 0.2) is 0 Å². The largest absolute Gasteiger partial charge is 0.573 e. The SMILES string of the molecule is COC(=O)C1c2cc(Cl)ccc2C2NN(CNc3ccc(OC(F)(F)F)cc3)COC21. The topological polar surface area (TPSA) is 72.1 Å². The minimum Gasteiger partial charge on any atom is -0.468 e. The number of nitrogens with one attached hydrogen (secondary N) is 2. The van der Waals surface area contributed by atoms with E-state index < -0.39 is 24.4 Å². The molecule has 0 spiro atoms. The second-order valence-electron chi connectivity index (χ2n) is 7.09. The Balaban J connectivity index is 1.42. The first-order valence-electron chi connectivity index (χ1n) is 9.35. The molecule has 3 unspecified atom stereocenters. The van der Waals surface area contributed by atoms with E-state index in [-0.39, 0.29) is 18.5 Å². The Labute approximate surface area is 181 Å². The van der Waals surface area contributed by atoms with Crippen LogP contribution in [0.25, 0.3) is 0 Å². The zero-order valence-corrected chi connectivity index (χ0v) is 17.0. The molecular weight excluding hydrogens is 439 g/mol. The number of esters is 1. The zero-order valence-electron chi connectivity index (χ0n) is 16.3. The smallest absolute Gasteiger partial charge is 0.468 e. The number of halogens is 4. The summed E-state index contributed by atoms with van der Waals surface area (Å²) in [5.74, 6) is -1.28. The first-order valence-corrected chi connectivity index (χ1v) is 9.72. The minimum absolute atomic E-state index is 0.179. The first kappa shape index (κ1) is 21.7. The van der Waals surface area contributed by atoms with Crippen LogP contribution in [-0.4, -0.2) is 44.0 Å². The van der Waals surface area contributed by atoms with Crippen molar-refractivity contribution in [2.45, 2.75) is 24.4 Å². The Morgan fingerprint density at radius 1 is 1.26 bits per heavy atom. The normalized spacial score (nSPS) is 23.1. The summed E-state index contributed by atoms with van der Waals surface area (Å²) in [6, 6.07) is 10.5. The number of fused-ring (bicyclic) bond motifs is 3. The molecule has 0 saturated carbocycles. The van der Waals surface area contributed by atoms with Gasteiger partial charge < -0.3 is 19.5 Å². The predicted octanol–water partition coefficient (Wildman–Crippen LogP) is 3.78. The molecule has 0 bridgehead atoms. The average molecular weight is 458 g/mol. The van der Waals surface area contributed by atoms with E-state index in [4.69, 9.17) is 21.1 Å². The molecule has 0 amide bonds. The third-order valence-electron chi connectivity index (χ3n) is 5.14. The van der Waals surface area contributed by atoms with Crippen molar-refractivity contribution in [3.63, 3.8) is 0 Å². The maximum atomic E-state index is 12.4. The van der Waals surface area contributed by atoms with Crippen LogP contribution in [0.15, 0.2) is 42.5 Å². The highest BCUT2D eigenvalue weighted by Gasteiger charge is 2.48. The molecule has 2 N–H and O–H groups in total. The molecule has 3 atom stereocenters. The lowest BCUT2D eigenvalue weighted by molar-refractivity contribution is -0.274. The van der Waals surface area contributed by atoms with Gasteiger partial charge in [-0.3, -0.25) is 4.79 Å². The van der Waals surface area contributed by atoms with Gasteiger partial charge in [-0.05, 0) is 47.5 Å². The van der Waals surface area contributed by atoms with E-state index in [0.29, 0.717) is 17.4 Å². The number of hydrazine groups is 1. The second kappa shape index (κ2) is 8.54. The van der Waals surface area contributed by atoms with E-state index in [2.05, 4.69) is 15.5 Å². The van der Waals surface area contributed by atoms with Gasteiger partial charge in [0.2, 0.25) is 0 Å². The molecule has 1 fully saturated rings. The van der Waals surface area contributed by atoms with Crippen LogP contribution in [0.3, 0.4) is 0 Å². The van der Waals surface area contributed by atoms with Crippen LogP contribution < -0.4 is 15.5 Å². The highest BCUT2D eigenvalue weighted by molar-refractivity contribution is 6.30. The van der Waals surface area contributed by atoms with E-state index in [0.717, 1.165) is 11.1 Å². The van der Waals surface area contributed by atoms with Crippen molar-refractivity contribution in [2.24, 2.45) is 0 Å². The Morgan fingerprint density at radius 2 is 2.00 bits per heavy atom. The highest BCUT2D eigenvalue weighted by Crippen LogP contribution is 2.45. The third-order valence-corrected chi connectivity index (χ3v) is 5.37. The number of carbonyl (C=O) groups excluding carboxylic acids is 1. The Hall–Kier alpha value is -2.53. The Bertz CT molecular complexity index is 958. The number of rotatable bonds is 5. The van der Waals surface area contributed by atoms with Gasteiger partial charge in [-0.15, -0.1) is 13.2 Å². The quantitative estimate of drug-likeness (QED) is 0.662. The summed E-state index contributed by atoms with van der Waals surface area (Å²) in [6.45, 7) is 0.479. The van der Waals surface area contributed by atoms with Crippen LogP contribution in [0.2, 0.25) is 5.02 Å². The fraction of sp³-hybridized carbons (Fsp3) is 0.350. The summed E-state index contributed by atoms with van der Waals surface area (Å²) in [6.07, 6.45) is -5.18. The highest BCUT2D eigenvalue weighted by atomic mass is 35.5. The van der Waals surface area contributed by atoms with Crippen molar-refractivity contribution < 1.29 is 32.2 Å². The number of ether oxygens (including phenoxy) is 3. The molecule has 7 nitrogen and oxygen atoms in total. The second-order valence-corrected chi connectivity index (χ2v) is 7.52. The number of nitrogens with zero attached hydrogens (tertiary/aromatic N) is 1. The summed E-state index contributed by atoms with van der Waals surface area (Å²) < 4.78 is 51.6. The minimum atomic E-state index is -4.73. The number of benzene rings is 2. The molecule has 2 aliphatic rings. The van der Waals surface area contributed by atoms with Crippen molar-refractivity contribution in [1.82, 2.24) is 10.4 Å². The van der Waals surface area contributed by atoms with Crippen molar-refractivity contribution in [1.29, 1.82) is 0 Å². The van der Waals surface area contributed by atoms with Gasteiger partial charge in [-0.25, -0.2) is 5.43 Å². The van der Waals surface area contributed by atoms with E-state index in [1.54, 1.807) is 17.1 Å². The third kappa shape index (κ3) is 4.72. The zero-order chi connectivity index (χ0) is 22.2. The van der Waals surface area contributed by atoms with Crippen LogP contribution in [0.1, 0.15) is 23.1 Å². The molecule has 4 rings (SSSR count). The lowest BCUT2D eigenvalue weighted by Crippen LogP contribution is -2.53. The average Bonchev–Trinajstić information content (AvgIpc) is 3.04. The molecule has 1 saturated heterocycles. The summed E-state index contributed by atoms with van der Waals surface area (Å²) >= 11 is 6.12. The number of hydrogen-bond donors (Lipinski definition) is 2. The van der Waals surface area contributed by atoms with E-state index >= 15 is 0 Å². The number of anilines is 1. The monoisotopic (exact) mass is 457 g/mol. The van der Waals surface area contributed by atoms with Crippen molar-refractivity contribution in [3.05, 3.63) is 58.6 Å². The van der Waals surface area contributed by atoms with E-state index in [1.807, 2.05) is 6.07 Å². The molecule has 0 aromatic heterocycles. The molecule has 1 aliphatic carbocycles. The van der Waals surface area contributed by atoms with Crippen molar-refractivity contribution in [2.75, 3.05) is 25.8 Å². The summed E-state index contributed by atoms with van der Waals surface area (Å²) in [7, 11) is 1.33. The molecule has 2 aromatic carbocycles. The fourth-order valence-corrected chi connectivity index (χ4v) is 4.01. The van der Waals surface area contributed by atoms with Crippen LogP contribution in [0, 0.1) is 0 Å². The maximum Gasteiger partial charge on any atom is 0.573 e. The van der Waals surface area contributed by atoms with Gasteiger partial charge in [0.25, 0.3) is 0 Å². The van der Waals surface area contributed by atoms with Gasteiger partial charge in [0.05, 0.1) is 25.9 Å². The first-order chi connectivity index (χ1) is 14.7. The molecule has 1 aliphatic heterocycles. The van der Waals surface area contributed by atoms with Gasteiger partial charge in [-0.1, -0.05) is 17.7 Å². The molecular formula is C20H19ClF3N3O4. The Morgan fingerprint density at radius 3 is 2.68 bits per heavy atom. The molecule has 1 heterocycles. The molecule has 2 aromatic rings. The predicted molar refractivity (Wildman–Crippen MR) is 105 cm³/mol. The summed E-state index contributed by atoms with van der Waals surface area (Å²) in [4.78, 5) is 12.4. The number of hydrogen-bond acceptors (Lipinski definition) is 7. The number of methoxy groups -OCH3 is 1. The van der Waals surface area contributed by atoms with Crippen molar-refractivity contribution in [3.8, 4) is 5.75 Å². The number of carbonyl (C=O) groups is 1. The van der Waals surface area contributed by atoms with Gasteiger partial charge in [0, 0.05) is 10.7 Å². The van der Waals surface area contributed by atoms with Crippen molar-refractivity contribution >= 4 is 23.3 Å². The molecule has 0 radical (unpaired) electrons. The summed E-state index contributed by atoms with van der Waals surface area (Å²) in [5.41, 5.74) is 5.59. The lowest BCUT2D eigenvalue weighted by Gasteiger charge is -2.37. The van der Waals surface area contributed by atoms with Gasteiger partial charge in [-0.2, -0.15) is 5.01 Å². The van der Waals surface area contributed by atoms with E-state index in [1.165, 1.54) is 31.4 Å². The maximum absolute atomic E-state index is 12.4. The van der Waals surface area contributed by atoms with Crippen LogP contribution in [0.5, 0.6) is 5.75 Å². The van der Waals surface area contributed by atoms with Gasteiger partial charge >= 0.3 is 12.3 Å². The van der Waals surface area contributed by atoms with Crippen LogP contribution in [-0.2, 0) is 14.3 Å². The summed E-state index contributed by atoms with van der Waals surface area (Å²) in [5, 5.41) is 5.38. The molecule has 166 valence electrons. The number of alkyl halides is 3. The molecule has 31 heavy (non-hydrogen) atoms. The fourth-order valence-electron chi connectivity index (χ4n) is 3.83. The van der Waals surface area contributed by atoms with Crippen LogP contribution in [0.4, 0.5) is 18.9 Å². The van der Waals surface area contributed by atoms with Crippen LogP contribution >= 0.6 is 11.6 Å². The van der Waals surface area contributed by atoms with E-state index in [9.17, 15) is 18.0 Å². The van der Waals surface area contributed by atoms with Gasteiger partial charge in [0.1, 0.15) is 18.4 Å².